The molecule has 0 spiro atoms. The van der Waals surface area contributed by atoms with E-state index in [2.05, 4.69) is 12.1 Å². The van der Waals surface area contributed by atoms with E-state index in [1.54, 1.807) is 4.68 Å². The van der Waals surface area contributed by atoms with Crippen LogP contribution in [0.3, 0.4) is 0 Å². The van der Waals surface area contributed by atoms with Crippen LogP contribution in [0.2, 0.25) is 0 Å². The average Bonchev–Trinajstić information content (AvgIpc) is 2.79. The molecule has 90 valence electrons. The van der Waals surface area contributed by atoms with Crippen molar-refractivity contribution in [3.05, 3.63) is 66.4 Å². The van der Waals surface area contributed by atoms with Gasteiger partial charge in [0.05, 0.1) is 5.52 Å². The molecule has 1 aromatic heterocycles. The number of hydrogen-bond donors (Lipinski definition) is 1. The summed E-state index contributed by atoms with van der Waals surface area (Å²) in [7, 11) is 0. The van der Waals surface area contributed by atoms with E-state index in [1.165, 1.54) is 0 Å². The lowest BCUT2D eigenvalue weighted by atomic mass is 10.2. The Labute approximate surface area is 105 Å². The highest BCUT2D eigenvalue weighted by Crippen LogP contribution is 2.21. The second kappa shape index (κ2) is 4.45. The molecule has 3 aromatic rings. The molecular weight excluding hydrogens is 224 g/mol. The number of hydrogen-bond acceptors (Lipinski definition) is 2. The molecule has 1 heterocycles. The summed E-state index contributed by atoms with van der Waals surface area (Å²) in [4.78, 5) is 0. The molecule has 3 nitrogen and oxygen atoms in total. The first-order chi connectivity index (χ1) is 8.83. The van der Waals surface area contributed by atoms with Crippen molar-refractivity contribution in [1.82, 2.24) is 4.68 Å². The smallest absolute Gasteiger partial charge is 0.120 e. The zero-order valence-electron chi connectivity index (χ0n) is 9.91. The van der Waals surface area contributed by atoms with Gasteiger partial charge in [0.1, 0.15) is 12.4 Å². The lowest BCUT2D eigenvalue weighted by Gasteiger charge is -2.06. The van der Waals surface area contributed by atoms with Crippen molar-refractivity contribution in [3.63, 3.8) is 0 Å². The molecule has 0 radical (unpaired) electrons. The Bertz CT molecular complexity index is 659. The molecule has 0 fully saturated rings. The maximum absolute atomic E-state index is 5.77. The summed E-state index contributed by atoms with van der Waals surface area (Å²) in [5.41, 5.74) is 2.16. The van der Waals surface area contributed by atoms with E-state index in [-0.39, 0.29) is 0 Å². The maximum atomic E-state index is 5.77. The van der Waals surface area contributed by atoms with Crippen LogP contribution in [0, 0.1) is 0 Å². The van der Waals surface area contributed by atoms with Crippen LogP contribution in [0.4, 0.5) is 0 Å². The largest absolute Gasteiger partial charge is 0.489 e. The van der Waals surface area contributed by atoms with Gasteiger partial charge in [-0.05, 0) is 29.8 Å². The third-order valence-corrected chi connectivity index (χ3v) is 2.94. The second-order valence-corrected chi connectivity index (χ2v) is 4.22. The van der Waals surface area contributed by atoms with Gasteiger partial charge in [-0.3, -0.25) is 4.68 Å². The van der Waals surface area contributed by atoms with E-state index >= 15 is 0 Å². The van der Waals surface area contributed by atoms with Gasteiger partial charge in [0, 0.05) is 11.6 Å². The molecule has 0 aliphatic rings. The van der Waals surface area contributed by atoms with Crippen LogP contribution in [0.15, 0.2) is 60.8 Å². The quantitative estimate of drug-likeness (QED) is 0.713. The molecule has 0 unspecified atom stereocenters. The van der Waals surface area contributed by atoms with Crippen molar-refractivity contribution in [2.24, 2.45) is 0 Å². The Kier molecular flexibility index (Phi) is 2.65. The van der Waals surface area contributed by atoms with E-state index in [0.29, 0.717) is 6.61 Å². The van der Waals surface area contributed by atoms with Gasteiger partial charge in [-0.1, -0.05) is 30.3 Å². The van der Waals surface area contributed by atoms with Gasteiger partial charge in [-0.2, -0.15) is 0 Å². The molecule has 3 heteroatoms. The van der Waals surface area contributed by atoms with Gasteiger partial charge in [-0.15, -0.1) is 0 Å². The molecule has 0 aliphatic heterocycles. The zero-order chi connectivity index (χ0) is 12.4. The van der Waals surface area contributed by atoms with Crippen LogP contribution in [0.5, 0.6) is 5.75 Å². The van der Waals surface area contributed by atoms with Crippen molar-refractivity contribution in [2.75, 3.05) is 5.84 Å². The predicted molar refractivity (Wildman–Crippen MR) is 72.9 cm³/mol. The van der Waals surface area contributed by atoms with Gasteiger partial charge in [0.15, 0.2) is 0 Å². The highest BCUT2D eigenvalue weighted by atomic mass is 16.5. The van der Waals surface area contributed by atoms with E-state index < -0.39 is 0 Å². The molecular formula is C15H14N2O. The van der Waals surface area contributed by atoms with Gasteiger partial charge in [0.2, 0.25) is 0 Å². The Morgan fingerprint density at radius 3 is 2.67 bits per heavy atom. The Morgan fingerprint density at radius 1 is 1.00 bits per heavy atom. The molecule has 0 bridgehead atoms. The minimum atomic E-state index is 0.579. The van der Waals surface area contributed by atoms with Crippen molar-refractivity contribution >= 4 is 10.9 Å². The van der Waals surface area contributed by atoms with Crippen LogP contribution < -0.4 is 10.6 Å². The van der Waals surface area contributed by atoms with E-state index in [0.717, 1.165) is 22.2 Å². The van der Waals surface area contributed by atoms with Crippen molar-refractivity contribution in [2.45, 2.75) is 6.61 Å². The molecule has 18 heavy (non-hydrogen) atoms. The summed E-state index contributed by atoms with van der Waals surface area (Å²) in [6.45, 7) is 0.579. The summed E-state index contributed by atoms with van der Waals surface area (Å²) < 4.78 is 7.37. The molecule has 3 rings (SSSR count). The number of rotatable bonds is 3. The van der Waals surface area contributed by atoms with Crippen LogP contribution in [0.25, 0.3) is 10.9 Å². The molecule has 2 aromatic carbocycles. The standard InChI is InChI=1S/C15H14N2O/c16-17-9-8-13-10-14(6-7-15(13)17)18-11-12-4-2-1-3-5-12/h1-10H,11,16H2. The molecule has 0 atom stereocenters. The second-order valence-electron chi connectivity index (χ2n) is 4.22. The number of nitrogen functional groups attached to an aromatic ring is 1. The topological polar surface area (TPSA) is 40.2 Å². The Hall–Kier alpha value is -2.42. The maximum Gasteiger partial charge on any atom is 0.120 e. The fourth-order valence-electron chi connectivity index (χ4n) is 1.97. The monoisotopic (exact) mass is 238 g/mol. The summed E-state index contributed by atoms with van der Waals surface area (Å²) in [5, 5.41) is 1.09. The first-order valence-electron chi connectivity index (χ1n) is 5.86. The normalized spacial score (nSPS) is 10.7. The van der Waals surface area contributed by atoms with Crippen molar-refractivity contribution in [3.8, 4) is 5.75 Å². The third kappa shape index (κ3) is 2.02. The highest BCUT2D eigenvalue weighted by Gasteiger charge is 2.01. The third-order valence-electron chi connectivity index (χ3n) is 2.94. The molecule has 0 aliphatic carbocycles. The van der Waals surface area contributed by atoms with Crippen molar-refractivity contribution < 1.29 is 4.74 Å². The first kappa shape index (κ1) is 10.7. The van der Waals surface area contributed by atoms with Crippen LogP contribution in [-0.4, -0.2) is 4.68 Å². The van der Waals surface area contributed by atoms with Gasteiger partial charge in [0.25, 0.3) is 0 Å². The number of nitrogens with zero attached hydrogens (tertiary/aromatic N) is 1. The lowest BCUT2D eigenvalue weighted by Crippen LogP contribution is -2.04. The molecule has 0 amide bonds. The highest BCUT2D eigenvalue weighted by molar-refractivity contribution is 5.81. The number of fused-ring (bicyclic) bond motifs is 1. The van der Waals surface area contributed by atoms with E-state index in [4.69, 9.17) is 10.6 Å². The lowest BCUT2D eigenvalue weighted by molar-refractivity contribution is 0.306. The Morgan fingerprint density at radius 2 is 1.83 bits per heavy atom. The first-order valence-corrected chi connectivity index (χ1v) is 5.86. The van der Waals surface area contributed by atoms with Gasteiger partial charge < -0.3 is 10.6 Å². The van der Waals surface area contributed by atoms with Gasteiger partial charge >= 0.3 is 0 Å². The fraction of sp³-hybridized carbons (Fsp3) is 0.0667. The molecule has 0 saturated heterocycles. The summed E-state index contributed by atoms with van der Waals surface area (Å²) in [5.74, 6) is 6.63. The zero-order valence-corrected chi connectivity index (χ0v) is 9.91. The minimum absolute atomic E-state index is 0.579. The van der Waals surface area contributed by atoms with Crippen LogP contribution in [-0.2, 0) is 6.61 Å². The summed E-state index contributed by atoms with van der Waals surface area (Å²) in [6.07, 6.45) is 1.84. The van der Waals surface area contributed by atoms with Crippen LogP contribution >= 0.6 is 0 Å². The van der Waals surface area contributed by atoms with Crippen molar-refractivity contribution in [1.29, 1.82) is 0 Å². The SMILES string of the molecule is Nn1ccc2cc(OCc3ccccc3)ccc21. The minimum Gasteiger partial charge on any atom is -0.489 e. The van der Waals surface area contributed by atoms with E-state index in [1.807, 2.05) is 48.7 Å². The number of nitrogens with two attached hydrogens (primary N) is 1. The number of benzene rings is 2. The Balaban J connectivity index is 1.79. The summed E-state index contributed by atoms with van der Waals surface area (Å²) >= 11 is 0. The fourth-order valence-corrected chi connectivity index (χ4v) is 1.97. The predicted octanol–water partition coefficient (Wildman–Crippen LogP) is 2.93. The van der Waals surface area contributed by atoms with Gasteiger partial charge in [-0.25, -0.2) is 0 Å². The molecule has 0 saturated carbocycles. The van der Waals surface area contributed by atoms with Crippen LogP contribution in [0.1, 0.15) is 5.56 Å². The number of aromatic nitrogens is 1. The molecule has 2 N–H and O–H groups in total. The van der Waals surface area contributed by atoms with E-state index in [9.17, 15) is 0 Å². The average molecular weight is 238 g/mol. The summed E-state index contributed by atoms with van der Waals surface area (Å²) in [6, 6.07) is 18.0. The number of ether oxygens (including phenoxy) is 1.